The summed E-state index contributed by atoms with van der Waals surface area (Å²) in [5, 5.41) is 13.5. The highest BCUT2D eigenvalue weighted by molar-refractivity contribution is 7.99. The second kappa shape index (κ2) is 7.86. The van der Waals surface area contributed by atoms with Crippen LogP contribution in [-0.4, -0.2) is 55.8 Å². The number of hydrogen-bond donors (Lipinski definition) is 1. The van der Waals surface area contributed by atoms with Gasteiger partial charge in [-0.2, -0.15) is 16.9 Å². The molecule has 1 unspecified atom stereocenters. The van der Waals surface area contributed by atoms with Gasteiger partial charge in [0.2, 0.25) is 0 Å². The number of aromatic nitrogens is 2. The molecule has 23 heavy (non-hydrogen) atoms. The SMILES string of the molecule is CCC(CC)n1ncc(C(=O)N2CCSCC2CC(=O)O)c1C. The molecule has 1 aromatic heterocycles. The minimum Gasteiger partial charge on any atom is -0.481 e. The van der Waals surface area contributed by atoms with Crippen molar-refractivity contribution in [1.29, 1.82) is 0 Å². The van der Waals surface area contributed by atoms with Gasteiger partial charge in [0, 0.05) is 23.7 Å². The summed E-state index contributed by atoms with van der Waals surface area (Å²) in [6.07, 6.45) is 3.57. The molecule has 0 aromatic carbocycles. The zero-order valence-electron chi connectivity index (χ0n) is 14.0. The maximum Gasteiger partial charge on any atom is 0.305 e. The summed E-state index contributed by atoms with van der Waals surface area (Å²) >= 11 is 1.70. The molecule has 1 saturated heterocycles. The number of carboxylic acid groups (broad SMARTS) is 1. The molecule has 6 nitrogen and oxygen atoms in total. The number of carboxylic acids is 1. The Balaban J connectivity index is 2.23. The lowest BCUT2D eigenvalue weighted by Crippen LogP contribution is -2.47. The number of hydrogen-bond acceptors (Lipinski definition) is 4. The topological polar surface area (TPSA) is 75.4 Å². The van der Waals surface area contributed by atoms with Crippen LogP contribution < -0.4 is 0 Å². The van der Waals surface area contributed by atoms with Crippen LogP contribution in [0.2, 0.25) is 0 Å². The molecular weight excluding hydrogens is 314 g/mol. The van der Waals surface area contributed by atoms with Crippen LogP contribution in [0.5, 0.6) is 0 Å². The largest absolute Gasteiger partial charge is 0.481 e. The highest BCUT2D eigenvalue weighted by Gasteiger charge is 2.31. The van der Waals surface area contributed by atoms with Gasteiger partial charge in [0.1, 0.15) is 0 Å². The summed E-state index contributed by atoms with van der Waals surface area (Å²) in [6.45, 7) is 6.74. The Morgan fingerprint density at radius 3 is 2.74 bits per heavy atom. The van der Waals surface area contributed by atoms with E-state index in [9.17, 15) is 9.59 Å². The summed E-state index contributed by atoms with van der Waals surface area (Å²) in [4.78, 5) is 25.7. The highest BCUT2D eigenvalue weighted by Crippen LogP contribution is 2.24. The Labute approximate surface area is 141 Å². The minimum atomic E-state index is -0.861. The van der Waals surface area contributed by atoms with E-state index in [2.05, 4.69) is 18.9 Å². The summed E-state index contributed by atoms with van der Waals surface area (Å²) < 4.78 is 1.93. The molecular formula is C16H25N3O3S. The summed E-state index contributed by atoms with van der Waals surface area (Å²) in [6, 6.07) is 0.0536. The van der Waals surface area contributed by atoms with Gasteiger partial charge < -0.3 is 10.0 Å². The summed E-state index contributed by atoms with van der Waals surface area (Å²) in [5.74, 6) is 0.574. The summed E-state index contributed by atoms with van der Waals surface area (Å²) in [5.41, 5.74) is 1.47. The fourth-order valence-electron chi connectivity index (χ4n) is 3.08. The number of rotatable bonds is 6. The van der Waals surface area contributed by atoms with Crippen LogP contribution in [0.1, 0.15) is 55.2 Å². The molecule has 1 atom stereocenters. The van der Waals surface area contributed by atoms with Gasteiger partial charge in [0.05, 0.1) is 30.3 Å². The highest BCUT2D eigenvalue weighted by atomic mass is 32.2. The number of thioether (sulfide) groups is 1. The van der Waals surface area contributed by atoms with Gasteiger partial charge in [-0.1, -0.05) is 13.8 Å². The number of nitrogens with zero attached hydrogens (tertiary/aromatic N) is 3. The molecule has 2 heterocycles. The molecule has 7 heteroatoms. The van der Waals surface area contributed by atoms with Crippen LogP contribution in [0.25, 0.3) is 0 Å². The fraction of sp³-hybridized carbons (Fsp3) is 0.688. The molecule has 0 saturated carbocycles. The standard InChI is InChI=1S/C16H25N3O3S/c1-4-12(5-2)19-11(3)14(9-17-19)16(22)18-6-7-23-10-13(18)8-15(20)21/h9,12-13H,4-8,10H2,1-3H3,(H,20,21). The number of aliphatic carboxylic acids is 1. The average molecular weight is 339 g/mol. The van der Waals surface area contributed by atoms with Crippen molar-refractivity contribution < 1.29 is 14.7 Å². The van der Waals surface area contributed by atoms with Crippen molar-refractivity contribution in [1.82, 2.24) is 14.7 Å². The second-order valence-corrected chi connectivity index (χ2v) is 7.03. The molecule has 1 aliphatic heterocycles. The zero-order valence-corrected chi connectivity index (χ0v) is 14.8. The predicted molar refractivity (Wildman–Crippen MR) is 91.0 cm³/mol. The molecule has 0 spiro atoms. The van der Waals surface area contributed by atoms with Crippen LogP contribution in [0.3, 0.4) is 0 Å². The zero-order chi connectivity index (χ0) is 17.0. The van der Waals surface area contributed by atoms with E-state index in [1.165, 1.54) is 0 Å². The van der Waals surface area contributed by atoms with E-state index in [-0.39, 0.29) is 18.4 Å². The maximum atomic E-state index is 12.9. The van der Waals surface area contributed by atoms with Crippen LogP contribution in [0.4, 0.5) is 0 Å². The van der Waals surface area contributed by atoms with E-state index < -0.39 is 5.97 Å². The van der Waals surface area contributed by atoms with Crippen LogP contribution in [-0.2, 0) is 4.79 Å². The minimum absolute atomic E-state index is 0.00152. The van der Waals surface area contributed by atoms with Gasteiger partial charge in [0.15, 0.2) is 0 Å². The van der Waals surface area contributed by atoms with E-state index in [1.54, 1.807) is 22.9 Å². The van der Waals surface area contributed by atoms with E-state index >= 15 is 0 Å². The second-order valence-electron chi connectivity index (χ2n) is 5.88. The van der Waals surface area contributed by atoms with Gasteiger partial charge in [-0.05, 0) is 19.8 Å². The predicted octanol–water partition coefficient (Wildman–Crippen LogP) is 2.58. The molecule has 1 N–H and O–H groups in total. The third-order valence-electron chi connectivity index (χ3n) is 4.46. The average Bonchev–Trinajstić information content (AvgIpc) is 2.90. The lowest BCUT2D eigenvalue weighted by Gasteiger charge is -2.34. The molecule has 0 radical (unpaired) electrons. The number of amides is 1. The third kappa shape index (κ3) is 3.88. The molecule has 2 rings (SSSR count). The molecule has 0 bridgehead atoms. The molecule has 1 amide bonds. The van der Waals surface area contributed by atoms with Crippen LogP contribution in [0, 0.1) is 6.92 Å². The normalized spacial score (nSPS) is 18.4. The Morgan fingerprint density at radius 2 is 2.13 bits per heavy atom. The Kier molecular flexibility index (Phi) is 6.10. The first-order chi connectivity index (χ1) is 11.0. The smallest absolute Gasteiger partial charge is 0.305 e. The first-order valence-corrected chi connectivity index (χ1v) is 9.29. The number of carbonyl (C=O) groups excluding carboxylic acids is 1. The molecule has 1 aromatic rings. The lowest BCUT2D eigenvalue weighted by molar-refractivity contribution is -0.138. The van der Waals surface area contributed by atoms with Crippen molar-refractivity contribution in [3.63, 3.8) is 0 Å². The molecule has 1 aliphatic rings. The Hall–Kier alpha value is -1.50. The van der Waals surface area contributed by atoms with Crippen molar-refractivity contribution in [3.8, 4) is 0 Å². The van der Waals surface area contributed by atoms with Crippen LogP contribution >= 0.6 is 11.8 Å². The Morgan fingerprint density at radius 1 is 1.43 bits per heavy atom. The van der Waals surface area contributed by atoms with Gasteiger partial charge in [-0.15, -0.1) is 0 Å². The maximum absolute atomic E-state index is 12.9. The van der Waals surface area contributed by atoms with Crippen molar-refractivity contribution >= 4 is 23.6 Å². The fourth-order valence-corrected chi connectivity index (χ4v) is 4.15. The quantitative estimate of drug-likeness (QED) is 0.862. The van der Waals surface area contributed by atoms with Crippen molar-refractivity contribution in [2.24, 2.45) is 0 Å². The first kappa shape index (κ1) is 17.8. The van der Waals surface area contributed by atoms with Gasteiger partial charge in [0.25, 0.3) is 5.91 Å². The van der Waals surface area contributed by atoms with Crippen LogP contribution in [0.15, 0.2) is 6.20 Å². The monoisotopic (exact) mass is 339 g/mol. The van der Waals surface area contributed by atoms with Crippen molar-refractivity contribution in [2.75, 3.05) is 18.1 Å². The van der Waals surface area contributed by atoms with E-state index in [0.29, 0.717) is 23.9 Å². The first-order valence-electron chi connectivity index (χ1n) is 8.14. The molecule has 128 valence electrons. The lowest BCUT2D eigenvalue weighted by atomic mass is 10.1. The van der Waals surface area contributed by atoms with E-state index in [0.717, 1.165) is 24.3 Å². The van der Waals surface area contributed by atoms with Gasteiger partial charge in [-0.25, -0.2) is 0 Å². The third-order valence-corrected chi connectivity index (χ3v) is 5.55. The van der Waals surface area contributed by atoms with Crippen molar-refractivity contribution in [3.05, 3.63) is 17.5 Å². The van der Waals surface area contributed by atoms with Gasteiger partial charge >= 0.3 is 5.97 Å². The molecule has 1 fully saturated rings. The van der Waals surface area contributed by atoms with Gasteiger partial charge in [-0.3, -0.25) is 14.3 Å². The van der Waals surface area contributed by atoms with E-state index in [4.69, 9.17) is 5.11 Å². The summed E-state index contributed by atoms with van der Waals surface area (Å²) in [7, 11) is 0. The number of carbonyl (C=O) groups is 2. The molecule has 0 aliphatic carbocycles. The van der Waals surface area contributed by atoms with E-state index in [1.807, 2.05) is 11.6 Å². The Bertz CT molecular complexity index is 569. The van der Waals surface area contributed by atoms with Crippen molar-refractivity contribution in [2.45, 2.75) is 52.1 Å².